The fraction of sp³-hybridized carbons (Fsp3) is 0.706. The highest BCUT2D eigenvalue weighted by molar-refractivity contribution is 6.21. The SMILES string of the molecule is CCC(OC(C)=O)C(C)C(OC(C)=O)C(Cl)CC(C)/C=C/C=C(\C)C1OC(=O)CC(O)CCC(C)(O)C(OC(C)=O)/C=C/C1C. The van der Waals surface area contributed by atoms with Gasteiger partial charge in [-0.2, -0.15) is 0 Å². The maximum atomic E-state index is 12.7. The van der Waals surface area contributed by atoms with Crippen molar-refractivity contribution in [2.45, 2.75) is 136 Å². The predicted octanol–water partition coefficient (Wildman–Crippen LogP) is 5.36. The van der Waals surface area contributed by atoms with E-state index in [0.29, 0.717) is 12.8 Å². The van der Waals surface area contributed by atoms with E-state index in [1.807, 2.05) is 52.8 Å². The quantitative estimate of drug-likeness (QED) is 0.0925. The summed E-state index contributed by atoms with van der Waals surface area (Å²) in [6.45, 7) is 14.8. The second kappa shape index (κ2) is 19.1. The van der Waals surface area contributed by atoms with Crippen molar-refractivity contribution in [3.63, 3.8) is 0 Å². The summed E-state index contributed by atoms with van der Waals surface area (Å²) in [7, 11) is 0. The van der Waals surface area contributed by atoms with E-state index >= 15 is 0 Å². The van der Waals surface area contributed by atoms with Crippen LogP contribution in [-0.2, 0) is 38.1 Å². The van der Waals surface area contributed by atoms with Crippen molar-refractivity contribution in [1.29, 1.82) is 0 Å². The van der Waals surface area contributed by atoms with Crippen molar-refractivity contribution in [1.82, 2.24) is 0 Å². The van der Waals surface area contributed by atoms with Crippen LogP contribution in [0.1, 0.15) is 94.4 Å². The van der Waals surface area contributed by atoms with E-state index < -0.39 is 65.4 Å². The lowest BCUT2D eigenvalue weighted by Gasteiger charge is -2.33. The minimum Gasteiger partial charge on any atom is -0.462 e. The zero-order valence-corrected chi connectivity index (χ0v) is 28.9. The van der Waals surface area contributed by atoms with Gasteiger partial charge < -0.3 is 29.2 Å². The molecule has 11 heteroatoms. The molecule has 0 spiro atoms. The largest absolute Gasteiger partial charge is 0.462 e. The summed E-state index contributed by atoms with van der Waals surface area (Å²) in [6, 6.07) is 0. The summed E-state index contributed by atoms with van der Waals surface area (Å²) in [5, 5.41) is 20.9. The van der Waals surface area contributed by atoms with Gasteiger partial charge in [0.25, 0.3) is 0 Å². The Balaban J connectivity index is 3.16. The maximum absolute atomic E-state index is 12.7. The monoisotopic (exact) mass is 656 g/mol. The molecule has 1 rings (SSSR count). The number of cyclic esters (lactones) is 1. The number of aliphatic hydroxyl groups is 2. The van der Waals surface area contributed by atoms with Gasteiger partial charge in [0.05, 0.1) is 17.9 Å². The van der Waals surface area contributed by atoms with Gasteiger partial charge in [-0.15, -0.1) is 11.6 Å². The van der Waals surface area contributed by atoms with Crippen LogP contribution in [-0.4, -0.2) is 75.6 Å². The van der Waals surface area contributed by atoms with Crippen LogP contribution < -0.4 is 0 Å². The topological polar surface area (TPSA) is 146 Å². The van der Waals surface area contributed by atoms with Crippen molar-refractivity contribution in [2.75, 3.05) is 0 Å². The summed E-state index contributed by atoms with van der Waals surface area (Å²) in [4.78, 5) is 47.9. The van der Waals surface area contributed by atoms with Crippen LogP contribution in [0.2, 0.25) is 0 Å². The average Bonchev–Trinajstić information content (AvgIpc) is 2.92. The van der Waals surface area contributed by atoms with E-state index in [2.05, 4.69) is 0 Å². The van der Waals surface area contributed by atoms with Crippen LogP contribution in [0.4, 0.5) is 0 Å². The first-order valence-electron chi connectivity index (χ1n) is 15.7. The Hall–Kier alpha value is -2.69. The second-order valence-corrected chi connectivity index (χ2v) is 13.0. The minimum absolute atomic E-state index is 0.0337. The van der Waals surface area contributed by atoms with Crippen LogP contribution >= 0.6 is 11.6 Å². The number of hydrogen-bond acceptors (Lipinski definition) is 10. The summed E-state index contributed by atoms with van der Waals surface area (Å²) in [5.41, 5.74) is -0.720. The number of hydrogen-bond donors (Lipinski definition) is 2. The van der Waals surface area contributed by atoms with Crippen LogP contribution in [0.3, 0.4) is 0 Å². The zero-order valence-electron chi connectivity index (χ0n) is 28.2. The Bertz CT molecular complexity index is 1080. The molecule has 0 aliphatic carbocycles. The Kier molecular flexibility index (Phi) is 17.1. The van der Waals surface area contributed by atoms with E-state index in [1.165, 1.54) is 27.7 Å². The summed E-state index contributed by atoms with van der Waals surface area (Å²) >= 11 is 6.78. The molecule has 1 aliphatic heterocycles. The minimum atomic E-state index is -1.45. The first-order chi connectivity index (χ1) is 20.9. The molecule has 0 aromatic carbocycles. The van der Waals surface area contributed by atoms with Gasteiger partial charge in [-0.1, -0.05) is 52.0 Å². The van der Waals surface area contributed by atoms with Crippen molar-refractivity contribution < 1.29 is 48.3 Å². The molecule has 10 atom stereocenters. The van der Waals surface area contributed by atoms with E-state index in [9.17, 15) is 29.4 Å². The first kappa shape index (κ1) is 40.3. The standard InChI is InChI=1S/C34H53ClO10/c1-10-29(42-24(6)36)23(5)33(44-26(8)38)28(35)18-20(2)12-11-13-21(3)32-22(4)14-15-30(43-25(7)37)34(9,41)17-16-27(39)19-31(40)45-32/h11-15,20,22-23,27-30,32-33,39,41H,10,16-19H2,1-9H3/b12-11+,15-14+,21-13+. The molecule has 0 aromatic rings. The number of carbonyl (C=O) groups excluding carboxylic acids is 4. The summed E-state index contributed by atoms with van der Waals surface area (Å²) < 4.78 is 22.2. The number of carbonyl (C=O) groups is 4. The highest BCUT2D eigenvalue weighted by atomic mass is 35.5. The molecule has 2 N–H and O–H groups in total. The van der Waals surface area contributed by atoms with Crippen LogP contribution in [0.25, 0.3) is 0 Å². The van der Waals surface area contributed by atoms with Gasteiger partial charge in [0.15, 0.2) is 0 Å². The lowest BCUT2D eigenvalue weighted by atomic mass is 9.88. The molecule has 0 bridgehead atoms. The molecule has 0 fully saturated rings. The lowest BCUT2D eigenvalue weighted by Crippen LogP contribution is -2.42. The van der Waals surface area contributed by atoms with Crippen molar-refractivity contribution in [3.05, 3.63) is 36.0 Å². The molecule has 0 aromatic heterocycles. The normalized spacial score (nSPS) is 29.2. The Morgan fingerprint density at radius 3 is 2.29 bits per heavy atom. The van der Waals surface area contributed by atoms with Gasteiger partial charge >= 0.3 is 23.9 Å². The van der Waals surface area contributed by atoms with Crippen molar-refractivity contribution in [3.8, 4) is 0 Å². The average molecular weight is 657 g/mol. The number of allylic oxidation sites excluding steroid dienone is 3. The fourth-order valence-electron chi connectivity index (χ4n) is 5.38. The Morgan fingerprint density at radius 2 is 1.73 bits per heavy atom. The Morgan fingerprint density at radius 1 is 1.11 bits per heavy atom. The molecular weight excluding hydrogens is 604 g/mol. The zero-order chi connectivity index (χ0) is 34.5. The molecule has 1 heterocycles. The third kappa shape index (κ3) is 14.5. The predicted molar refractivity (Wildman–Crippen MR) is 171 cm³/mol. The third-order valence-corrected chi connectivity index (χ3v) is 8.37. The second-order valence-electron chi connectivity index (χ2n) is 12.5. The molecule has 10 unspecified atom stereocenters. The summed E-state index contributed by atoms with van der Waals surface area (Å²) in [5.74, 6) is -2.71. The van der Waals surface area contributed by atoms with Crippen molar-refractivity contribution >= 4 is 35.5 Å². The van der Waals surface area contributed by atoms with E-state index in [4.69, 9.17) is 30.5 Å². The summed E-state index contributed by atoms with van der Waals surface area (Å²) in [6.07, 6.45) is 6.14. The molecule has 45 heavy (non-hydrogen) atoms. The molecule has 10 nitrogen and oxygen atoms in total. The molecule has 256 valence electrons. The van der Waals surface area contributed by atoms with E-state index in [-0.39, 0.29) is 37.0 Å². The highest BCUT2D eigenvalue weighted by Gasteiger charge is 2.36. The van der Waals surface area contributed by atoms with Crippen LogP contribution in [0.15, 0.2) is 36.0 Å². The van der Waals surface area contributed by atoms with Gasteiger partial charge in [0.1, 0.15) is 30.0 Å². The molecule has 1 aliphatic rings. The first-order valence-corrected chi connectivity index (χ1v) is 16.1. The van der Waals surface area contributed by atoms with Crippen LogP contribution in [0, 0.1) is 17.8 Å². The maximum Gasteiger partial charge on any atom is 0.309 e. The third-order valence-electron chi connectivity index (χ3n) is 7.94. The van der Waals surface area contributed by atoms with Gasteiger partial charge in [-0.25, -0.2) is 0 Å². The molecule has 0 saturated carbocycles. The van der Waals surface area contributed by atoms with E-state index in [1.54, 1.807) is 12.2 Å². The van der Waals surface area contributed by atoms with Gasteiger partial charge in [-0.05, 0) is 57.1 Å². The molecule has 0 radical (unpaired) electrons. The fourth-order valence-corrected chi connectivity index (χ4v) is 5.94. The van der Waals surface area contributed by atoms with Gasteiger partial charge in [0, 0.05) is 32.6 Å². The number of alkyl halides is 1. The molecule has 0 saturated heterocycles. The molecule has 0 amide bonds. The van der Waals surface area contributed by atoms with Crippen LogP contribution in [0.5, 0.6) is 0 Å². The van der Waals surface area contributed by atoms with E-state index in [0.717, 1.165) is 5.57 Å². The van der Waals surface area contributed by atoms with Crippen molar-refractivity contribution in [2.24, 2.45) is 17.8 Å². The number of rotatable bonds is 12. The number of ether oxygens (including phenoxy) is 4. The Labute approximate surface area is 273 Å². The van der Waals surface area contributed by atoms with Gasteiger partial charge in [-0.3, -0.25) is 19.2 Å². The lowest BCUT2D eigenvalue weighted by molar-refractivity contribution is -0.159. The number of halogens is 1. The number of aliphatic hydroxyl groups excluding tert-OH is 1. The smallest absolute Gasteiger partial charge is 0.309 e. The van der Waals surface area contributed by atoms with Gasteiger partial charge in [0.2, 0.25) is 0 Å². The molecular formula is C34H53ClO10. The number of esters is 4. The highest BCUT2D eigenvalue weighted by Crippen LogP contribution is 2.29.